The van der Waals surface area contributed by atoms with Crippen molar-refractivity contribution >= 4 is 5.91 Å². The van der Waals surface area contributed by atoms with Gasteiger partial charge in [0.2, 0.25) is 11.8 Å². The molecule has 0 unspecified atom stereocenters. The molecular formula is C23H26N2O4. The van der Waals surface area contributed by atoms with Crippen LogP contribution in [0.25, 0.3) is 11.5 Å². The number of aryl methyl sites for hydroxylation is 2. The van der Waals surface area contributed by atoms with Crippen molar-refractivity contribution in [1.29, 1.82) is 0 Å². The SMILES string of the molecule is COc1ccc(CCNC(=O)Cc2nc(-c3cccc(C)c3)oc2C)cc1OC. The summed E-state index contributed by atoms with van der Waals surface area (Å²) in [6.45, 7) is 4.38. The Kier molecular flexibility index (Phi) is 6.54. The first-order valence-electron chi connectivity index (χ1n) is 9.51. The van der Waals surface area contributed by atoms with Gasteiger partial charge in [0.05, 0.1) is 26.3 Å². The van der Waals surface area contributed by atoms with Crippen LogP contribution >= 0.6 is 0 Å². The highest BCUT2D eigenvalue weighted by Gasteiger charge is 2.15. The third-order valence-corrected chi connectivity index (χ3v) is 4.67. The van der Waals surface area contributed by atoms with Crippen LogP contribution in [0.1, 0.15) is 22.6 Å². The van der Waals surface area contributed by atoms with Crippen LogP contribution in [0.4, 0.5) is 0 Å². The first-order chi connectivity index (χ1) is 14.0. The number of oxazole rings is 1. The second kappa shape index (κ2) is 9.28. The van der Waals surface area contributed by atoms with Gasteiger partial charge >= 0.3 is 0 Å². The zero-order chi connectivity index (χ0) is 20.8. The number of carbonyl (C=O) groups is 1. The first-order valence-corrected chi connectivity index (χ1v) is 9.51. The summed E-state index contributed by atoms with van der Waals surface area (Å²) < 4.78 is 16.3. The fraction of sp³-hybridized carbons (Fsp3) is 0.304. The number of benzene rings is 2. The fourth-order valence-electron chi connectivity index (χ4n) is 3.09. The minimum Gasteiger partial charge on any atom is -0.493 e. The van der Waals surface area contributed by atoms with Crippen molar-refractivity contribution in [1.82, 2.24) is 10.3 Å². The number of nitrogens with one attached hydrogen (secondary N) is 1. The average molecular weight is 394 g/mol. The van der Waals surface area contributed by atoms with E-state index in [0.29, 0.717) is 41.8 Å². The number of hydrogen-bond donors (Lipinski definition) is 1. The minimum atomic E-state index is -0.0855. The highest BCUT2D eigenvalue weighted by atomic mass is 16.5. The molecule has 0 atom stereocenters. The number of hydrogen-bond acceptors (Lipinski definition) is 5. The number of nitrogens with zero attached hydrogens (tertiary/aromatic N) is 1. The molecule has 0 saturated heterocycles. The minimum absolute atomic E-state index is 0.0855. The molecule has 0 radical (unpaired) electrons. The van der Waals surface area contributed by atoms with E-state index < -0.39 is 0 Å². The van der Waals surface area contributed by atoms with E-state index in [4.69, 9.17) is 13.9 Å². The van der Waals surface area contributed by atoms with E-state index in [2.05, 4.69) is 10.3 Å². The van der Waals surface area contributed by atoms with E-state index in [-0.39, 0.29) is 12.3 Å². The monoisotopic (exact) mass is 394 g/mol. The molecule has 6 nitrogen and oxygen atoms in total. The zero-order valence-electron chi connectivity index (χ0n) is 17.2. The maximum atomic E-state index is 12.3. The Morgan fingerprint density at radius 2 is 1.86 bits per heavy atom. The lowest BCUT2D eigenvalue weighted by molar-refractivity contribution is -0.120. The molecule has 0 aliphatic rings. The molecule has 152 valence electrons. The predicted molar refractivity (Wildman–Crippen MR) is 111 cm³/mol. The average Bonchev–Trinajstić information content (AvgIpc) is 3.08. The lowest BCUT2D eigenvalue weighted by Gasteiger charge is -2.10. The molecule has 29 heavy (non-hydrogen) atoms. The van der Waals surface area contributed by atoms with Crippen molar-refractivity contribution < 1.29 is 18.7 Å². The Labute approximate surface area is 170 Å². The van der Waals surface area contributed by atoms with Crippen LogP contribution in [-0.4, -0.2) is 31.7 Å². The van der Waals surface area contributed by atoms with Crippen LogP contribution in [0.5, 0.6) is 11.5 Å². The summed E-state index contributed by atoms with van der Waals surface area (Å²) in [4.78, 5) is 16.9. The highest BCUT2D eigenvalue weighted by molar-refractivity contribution is 5.78. The smallest absolute Gasteiger partial charge is 0.226 e. The van der Waals surface area contributed by atoms with Gasteiger partial charge in [0.1, 0.15) is 5.76 Å². The van der Waals surface area contributed by atoms with Gasteiger partial charge in [-0.05, 0) is 50.1 Å². The molecule has 0 aliphatic carbocycles. The van der Waals surface area contributed by atoms with E-state index in [0.717, 1.165) is 16.7 Å². The molecule has 6 heteroatoms. The molecular weight excluding hydrogens is 368 g/mol. The molecule has 0 saturated carbocycles. The zero-order valence-corrected chi connectivity index (χ0v) is 17.2. The maximum Gasteiger partial charge on any atom is 0.226 e. The Hall–Kier alpha value is -3.28. The van der Waals surface area contributed by atoms with Crippen molar-refractivity contribution in [2.75, 3.05) is 20.8 Å². The molecule has 1 aromatic heterocycles. The molecule has 1 N–H and O–H groups in total. The van der Waals surface area contributed by atoms with Gasteiger partial charge in [-0.3, -0.25) is 4.79 Å². The molecule has 3 rings (SSSR count). The number of amides is 1. The Morgan fingerprint density at radius 3 is 2.59 bits per heavy atom. The van der Waals surface area contributed by atoms with Crippen LogP contribution in [0.2, 0.25) is 0 Å². The first kappa shape index (κ1) is 20.5. The van der Waals surface area contributed by atoms with Crippen LogP contribution in [0.3, 0.4) is 0 Å². The van der Waals surface area contributed by atoms with Crippen LogP contribution < -0.4 is 14.8 Å². The van der Waals surface area contributed by atoms with Gasteiger partial charge in [-0.25, -0.2) is 4.98 Å². The van der Waals surface area contributed by atoms with Crippen molar-refractivity contribution in [3.05, 3.63) is 65.0 Å². The molecule has 1 heterocycles. The second-order valence-corrected chi connectivity index (χ2v) is 6.86. The van der Waals surface area contributed by atoms with Gasteiger partial charge in [0, 0.05) is 12.1 Å². The van der Waals surface area contributed by atoms with Crippen LogP contribution in [0.15, 0.2) is 46.9 Å². The Balaban J connectivity index is 1.56. The van der Waals surface area contributed by atoms with Crippen LogP contribution in [-0.2, 0) is 17.6 Å². The normalized spacial score (nSPS) is 10.6. The fourth-order valence-corrected chi connectivity index (χ4v) is 3.09. The van der Waals surface area contributed by atoms with E-state index in [1.165, 1.54) is 0 Å². The molecule has 0 aliphatic heterocycles. The quantitative estimate of drug-likeness (QED) is 0.628. The van der Waals surface area contributed by atoms with E-state index in [1.807, 2.05) is 56.3 Å². The van der Waals surface area contributed by atoms with E-state index >= 15 is 0 Å². The molecule has 3 aromatic rings. The van der Waals surface area contributed by atoms with Crippen molar-refractivity contribution in [2.45, 2.75) is 26.7 Å². The number of carbonyl (C=O) groups excluding carboxylic acids is 1. The van der Waals surface area contributed by atoms with Crippen molar-refractivity contribution in [3.63, 3.8) is 0 Å². The number of rotatable bonds is 8. The topological polar surface area (TPSA) is 73.6 Å². The number of aromatic nitrogens is 1. The van der Waals surface area contributed by atoms with Gasteiger partial charge in [0.25, 0.3) is 0 Å². The summed E-state index contributed by atoms with van der Waals surface area (Å²) in [6.07, 6.45) is 0.880. The third-order valence-electron chi connectivity index (χ3n) is 4.67. The van der Waals surface area contributed by atoms with Gasteiger partial charge in [-0.2, -0.15) is 0 Å². The summed E-state index contributed by atoms with van der Waals surface area (Å²) in [6, 6.07) is 13.7. The molecule has 2 aromatic carbocycles. The predicted octanol–water partition coefficient (Wildman–Crippen LogP) is 3.88. The summed E-state index contributed by atoms with van der Waals surface area (Å²) in [7, 11) is 3.21. The van der Waals surface area contributed by atoms with E-state index in [1.54, 1.807) is 14.2 Å². The van der Waals surface area contributed by atoms with Gasteiger partial charge in [-0.1, -0.05) is 23.8 Å². The Bertz CT molecular complexity index is 994. The summed E-state index contributed by atoms with van der Waals surface area (Å²) >= 11 is 0. The standard InChI is InChI=1S/C23H26N2O4/c1-15-6-5-7-18(12-15)23-25-19(16(2)29-23)14-22(26)24-11-10-17-8-9-20(27-3)21(13-17)28-4/h5-9,12-13H,10-11,14H2,1-4H3,(H,24,26). The molecule has 0 bridgehead atoms. The van der Waals surface area contributed by atoms with Gasteiger partial charge in [0.15, 0.2) is 11.5 Å². The highest BCUT2D eigenvalue weighted by Crippen LogP contribution is 2.27. The van der Waals surface area contributed by atoms with Crippen molar-refractivity contribution in [3.8, 4) is 23.0 Å². The number of methoxy groups -OCH3 is 2. The molecule has 0 fully saturated rings. The van der Waals surface area contributed by atoms with Gasteiger partial charge in [-0.15, -0.1) is 0 Å². The second-order valence-electron chi connectivity index (χ2n) is 6.86. The van der Waals surface area contributed by atoms with Crippen molar-refractivity contribution in [2.24, 2.45) is 0 Å². The third kappa shape index (κ3) is 5.16. The lowest BCUT2D eigenvalue weighted by Crippen LogP contribution is -2.27. The summed E-state index contributed by atoms with van der Waals surface area (Å²) in [5.41, 5.74) is 3.76. The molecule has 1 amide bonds. The lowest BCUT2D eigenvalue weighted by atomic mass is 10.1. The maximum absolute atomic E-state index is 12.3. The largest absolute Gasteiger partial charge is 0.493 e. The Morgan fingerprint density at radius 1 is 1.07 bits per heavy atom. The summed E-state index contributed by atoms with van der Waals surface area (Å²) in [5, 5.41) is 2.94. The summed E-state index contributed by atoms with van der Waals surface area (Å²) in [5.74, 6) is 2.48. The number of ether oxygens (including phenoxy) is 2. The van der Waals surface area contributed by atoms with E-state index in [9.17, 15) is 4.79 Å². The van der Waals surface area contributed by atoms with Gasteiger partial charge < -0.3 is 19.2 Å². The molecule has 0 spiro atoms. The van der Waals surface area contributed by atoms with Crippen LogP contribution in [0, 0.1) is 13.8 Å².